The van der Waals surface area contributed by atoms with Crippen molar-refractivity contribution in [3.63, 3.8) is 0 Å². The highest BCUT2D eigenvalue weighted by Crippen LogP contribution is 2.21. The third-order valence-corrected chi connectivity index (χ3v) is 2.31. The summed E-state index contributed by atoms with van der Waals surface area (Å²) in [6, 6.07) is 9.90. The van der Waals surface area contributed by atoms with Gasteiger partial charge in [-0.25, -0.2) is 0 Å². The fourth-order valence-electron chi connectivity index (χ4n) is 1.55. The molecule has 2 heterocycles. The van der Waals surface area contributed by atoms with Crippen molar-refractivity contribution in [1.29, 1.82) is 0 Å². The zero-order valence-electron chi connectivity index (χ0n) is 7.88. The summed E-state index contributed by atoms with van der Waals surface area (Å²) in [6.07, 6.45) is 3.60. The lowest BCUT2D eigenvalue weighted by Gasteiger charge is -1.98. The molecule has 0 aliphatic carbocycles. The third kappa shape index (κ3) is 1.36. The van der Waals surface area contributed by atoms with E-state index < -0.39 is 0 Å². The smallest absolute Gasteiger partial charge is 0.113 e. The molecule has 72 valence electrons. The number of hydrogen-bond donors (Lipinski definition) is 1. The van der Waals surface area contributed by atoms with Crippen molar-refractivity contribution in [1.82, 2.24) is 20.4 Å². The molecular formula is C11H8N4. The summed E-state index contributed by atoms with van der Waals surface area (Å²) in [5.74, 6) is 0. The van der Waals surface area contributed by atoms with E-state index in [2.05, 4.69) is 20.4 Å². The summed E-state index contributed by atoms with van der Waals surface area (Å²) in [6.45, 7) is 0. The van der Waals surface area contributed by atoms with Crippen molar-refractivity contribution in [2.75, 3.05) is 0 Å². The summed E-state index contributed by atoms with van der Waals surface area (Å²) in [7, 11) is 0. The first kappa shape index (κ1) is 8.11. The van der Waals surface area contributed by atoms with Gasteiger partial charge in [0.25, 0.3) is 0 Å². The number of aromatic nitrogens is 4. The fraction of sp³-hybridized carbons (Fsp3) is 0. The van der Waals surface area contributed by atoms with Crippen molar-refractivity contribution >= 4 is 11.0 Å². The fourth-order valence-corrected chi connectivity index (χ4v) is 1.55. The largest absolute Gasteiger partial charge is 0.264 e. The van der Waals surface area contributed by atoms with Crippen LogP contribution in [0.1, 0.15) is 0 Å². The number of aromatic amines is 1. The second kappa shape index (κ2) is 3.16. The SMILES string of the molecule is c1cncc(-c2ccc3n[nH]nc3c2)c1. The highest BCUT2D eigenvalue weighted by molar-refractivity contribution is 5.80. The Labute approximate surface area is 86.0 Å². The second-order valence-electron chi connectivity index (χ2n) is 3.27. The first-order chi connectivity index (χ1) is 7.43. The van der Waals surface area contributed by atoms with E-state index in [1.54, 1.807) is 6.20 Å². The van der Waals surface area contributed by atoms with Crippen LogP contribution in [0, 0.1) is 0 Å². The van der Waals surface area contributed by atoms with E-state index in [-0.39, 0.29) is 0 Å². The van der Waals surface area contributed by atoms with Gasteiger partial charge in [-0.1, -0.05) is 12.1 Å². The molecule has 0 saturated carbocycles. The minimum Gasteiger partial charge on any atom is -0.264 e. The van der Waals surface area contributed by atoms with Crippen LogP contribution in [-0.2, 0) is 0 Å². The topological polar surface area (TPSA) is 54.5 Å². The summed E-state index contributed by atoms with van der Waals surface area (Å²) in [5, 5.41) is 10.7. The Morgan fingerprint density at radius 3 is 2.73 bits per heavy atom. The molecule has 0 aliphatic rings. The van der Waals surface area contributed by atoms with Crippen LogP contribution in [0.3, 0.4) is 0 Å². The molecule has 3 rings (SSSR count). The Kier molecular flexibility index (Phi) is 1.71. The van der Waals surface area contributed by atoms with Crippen LogP contribution in [0.4, 0.5) is 0 Å². The van der Waals surface area contributed by atoms with Gasteiger partial charge in [-0.2, -0.15) is 15.4 Å². The summed E-state index contributed by atoms with van der Waals surface area (Å²) < 4.78 is 0. The van der Waals surface area contributed by atoms with Crippen molar-refractivity contribution in [3.05, 3.63) is 42.7 Å². The van der Waals surface area contributed by atoms with Gasteiger partial charge in [0.05, 0.1) is 0 Å². The maximum Gasteiger partial charge on any atom is 0.113 e. The Morgan fingerprint density at radius 2 is 1.87 bits per heavy atom. The lowest BCUT2D eigenvalue weighted by molar-refractivity contribution is 0.959. The highest BCUT2D eigenvalue weighted by Gasteiger charge is 2.01. The number of benzene rings is 1. The van der Waals surface area contributed by atoms with Crippen LogP contribution in [0.25, 0.3) is 22.2 Å². The predicted molar refractivity (Wildman–Crippen MR) is 57.1 cm³/mol. The van der Waals surface area contributed by atoms with Crippen molar-refractivity contribution < 1.29 is 0 Å². The molecule has 0 saturated heterocycles. The number of rotatable bonds is 1. The average Bonchev–Trinajstić information content (AvgIpc) is 2.77. The maximum absolute atomic E-state index is 4.08. The van der Waals surface area contributed by atoms with E-state index in [4.69, 9.17) is 0 Å². The molecule has 4 nitrogen and oxygen atoms in total. The van der Waals surface area contributed by atoms with E-state index in [0.29, 0.717) is 0 Å². The molecule has 4 heteroatoms. The van der Waals surface area contributed by atoms with Crippen LogP contribution in [0.15, 0.2) is 42.7 Å². The van der Waals surface area contributed by atoms with Crippen molar-refractivity contribution in [2.45, 2.75) is 0 Å². The Hall–Kier alpha value is -2.23. The monoisotopic (exact) mass is 196 g/mol. The molecule has 0 radical (unpaired) electrons. The normalized spacial score (nSPS) is 10.7. The van der Waals surface area contributed by atoms with E-state index in [0.717, 1.165) is 22.2 Å². The summed E-state index contributed by atoms with van der Waals surface area (Å²) in [4.78, 5) is 4.08. The molecule has 3 aromatic rings. The van der Waals surface area contributed by atoms with Crippen LogP contribution in [-0.4, -0.2) is 20.4 Å². The predicted octanol–water partition coefficient (Wildman–Crippen LogP) is 2.02. The molecule has 0 fully saturated rings. The third-order valence-electron chi connectivity index (χ3n) is 2.31. The number of H-pyrrole nitrogens is 1. The average molecular weight is 196 g/mol. The molecule has 15 heavy (non-hydrogen) atoms. The lowest BCUT2D eigenvalue weighted by atomic mass is 10.1. The molecule has 0 atom stereocenters. The molecule has 0 unspecified atom stereocenters. The Bertz CT molecular complexity index is 586. The first-order valence-corrected chi connectivity index (χ1v) is 4.64. The minimum absolute atomic E-state index is 0.872. The van der Waals surface area contributed by atoms with Gasteiger partial charge in [0.1, 0.15) is 11.0 Å². The van der Waals surface area contributed by atoms with Crippen LogP contribution in [0.2, 0.25) is 0 Å². The Morgan fingerprint density at radius 1 is 0.933 bits per heavy atom. The molecule has 1 N–H and O–H groups in total. The number of hydrogen-bond acceptors (Lipinski definition) is 3. The van der Waals surface area contributed by atoms with E-state index in [1.807, 2.05) is 36.5 Å². The van der Waals surface area contributed by atoms with Crippen molar-refractivity contribution in [3.8, 4) is 11.1 Å². The number of nitrogens with zero attached hydrogens (tertiary/aromatic N) is 3. The van der Waals surface area contributed by atoms with Crippen LogP contribution >= 0.6 is 0 Å². The van der Waals surface area contributed by atoms with E-state index >= 15 is 0 Å². The van der Waals surface area contributed by atoms with Gasteiger partial charge >= 0.3 is 0 Å². The zero-order valence-corrected chi connectivity index (χ0v) is 7.88. The summed E-state index contributed by atoms with van der Waals surface area (Å²) >= 11 is 0. The minimum atomic E-state index is 0.872. The molecule has 0 spiro atoms. The van der Waals surface area contributed by atoms with Gasteiger partial charge in [-0.15, -0.1) is 0 Å². The number of pyridine rings is 1. The number of nitrogens with one attached hydrogen (secondary N) is 1. The molecule has 0 amide bonds. The van der Waals surface area contributed by atoms with Gasteiger partial charge in [0.15, 0.2) is 0 Å². The molecule has 0 aliphatic heterocycles. The van der Waals surface area contributed by atoms with Gasteiger partial charge in [0.2, 0.25) is 0 Å². The van der Waals surface area contributed by atoms with E-state index in [1.165, 1.54) is 0 Å². The zero-order chi connectivity index (χ0) is 10.1. The molecular weight excluding hydrogens is 188 g/mol. The Balaban J connectivity index is 2.19. The van der Waals surface area contributed by atoms with Gasteiger partial charge in [-0.3, -0.25) is 4.98 Å². The van der Waals surface area contributed by atoms with Crippen molar-refractivity contribution in [2.24, 2.45) is 0 Å². The van der Waals surface area contributed by atoms with Gasteiger partial charge < -0.3 is 0 Å². The standard InChI is InChI=1S/C11H8N4/c1-2-9(7-12-5-1)8-3-4-10-11(6-8)14-15-13-10/h1-7H,(H,13,14,15). The maximum atomic E-state index is 4.08. The highest BCUT2D eigenvalue weighted by atomic mass is 15.3. The van der Waals surface area contributed by atoms with Gasteiger partial charge in [0, 0.05) is 18.0 Å². The first-order valence-electron chi connectivity index (χ1n) is 4.64. The van der Waals surface area contributed by atoms with Crippen LogP contribution < -0.4 is 0 Å². The quantitative estimate of drug-likeness (QED) is 0.647. The summed E-state index contributed by atoms with van der Waals surface area (Å²) in [5.41, 5.74) is 3.94. The van der Waals surface area contributed by atoms with Gasteiger partial charge in [-0.05, 0) is 23.8 Å². The van der Waals surface area contributed by atoms with E-state index in [9.17, 15) is 0 Å². The second-order valence-corrected chi connectivity index (χ2v) is 3.27. The molecule has 2 aromatic heterocycles. The lowest BCUT2D eigenvalue weighted by Crippen LogP contribution is -1.79. The molecule has 0 bridgehead atoms. The number of fused-ring (bicyclic) bond motifs is 1. The van der Waals surface area contributed by atoms with Crippen LogP contribution in [0.5, 0.6) is 0 Å². The molecule has 1 aromatic carbocycles.